The van der Waals surface area contributed by atoms with E-state index in [0.29, 0.717) is 10.0 Å². The summed E-state index contributed by atoms with van der Waals surface area (Å²) in [7, 11) is 0. The Kier molecular flexibility index (Phi) is 5.52. The lowest BCUT2D eigenvalue weighted by atomic mass is 10.0. The van der Waals surface area contributed by atoms with E-state index < -0.39 is 0 Å². The molecule has 2 nitrogen and oxygen atoms in total. The van der Waals surface area contributed by atoms with E-state index in [4.69, 9.17) is 23.2 Å². The van der Waals surface area contributed by atoms with Crippen molar-refractivity contribution in [3.63, 3.8) is 0 Å². The van der Waals surface area contributed by atoms with Crippen molar-refractivity contribution in [3.8, 4) is 0 Å². The van der Waals surface area contributed by atoms with E-state index >= 15 is 0 Å². The molecule has 1 fully saturated rings. The molecule has 0 heterocycles. The molecule has 1 saturated carbocycles. The van der Waals surface area contributed by atoms with E-state index in [1.54, 1.807) is 6.07 Å². The standard InChI is InChI=1S/C15H21Cl2NO/c1-10(11-6-5-7-12(16)15(11)17)18-13-8-3-2-4-9-14(13)19/h5-7,10,13-14,18-19H,2-4,8-9H2,1H3. The fourth-order valence-corrected chi connectivity index (χ4v) is 3.22. The quantitative estimate of drug-likeness (QED) is 0.814. The zero-order valence-electron chi connectivity index (χ0n) is 11.2. The predicted molar refractivity (Wildman–Crippen MR) is 80.9 cm³/mol. The van der Waals surface area contributed by atoms with Crippen molar-refractivity contribution in [1.82, 2.24) is 5.32 Å². The largest absolute Gasteiger partial charge is 0.392 e. The first-order valence-corrected chi connectivity index (χ1v) is 7.73. The minimum absolute atomic E-state index is 0.0870. The van der Waals surface area contributed by atoms with Gasteiger partial charge in [-0.2, -0.15) is 0 Å². The maximum Gasteiger partial charge on any atom is 0.0693 e. The zero-order chi connectivity index (χ0) is 13.8. The summed E-state index contributed by atoms with van der Waals surface area (Å²) in [4.78, 5) is 0. The summed E-state index contributed by atoms with van der Waals surface area (Å²) in [5.74, 6) is 0. The van der Waals surface area contributed by atoms with Crippen molar-refractivity contribution in [2.45, 2.75) is 57.2 Å². The van der Waals surface area contributed by atoms with Crippen molar-refractivity contribution < 1.29 is 5.11 Å². The Morgan fingerprint density at radius 2 is 1.95 bits per heavy atom. The normalized spacial score (nSPS) is 25.9. The van der Waals surface area contributed by atoms with Crippen molar-refractivity contribution in [2.24, 2.45) is 0 Å². The van der Waals surface area contributed by atoms with Gasteiger partial charge in [0.15, 0.2) is 0 Å². The number of hydrogen-bond acceptors (Lipinski definition) is 2. The Morgan fingerprint density at radius 3 is 2.74 bits per heavy atom. The molecule has 1 aliphatic rings. The summed E-state index contributed by atoms with van der Waals surface area (Å²) in [6.07, 6.45) is 5.14. The lowest BCUT2D eigenvalue weighted by molar-refractivity contribution is 0.115. The maximum absolute atomic E-state index is 10.1. The molecular weight excluding hydrogens is 281 g/mol. The summed E-state index contributed by atoms with van der Waals surface area (Å²) in [5, 5.41) is 14.8. The molecule has 0 radical (unpaired) electrons. The smallest absolute Gasteiger partial charge is 0.0693 e. The van der Waals surface area contributed by atoms with Gasteiger partial charge in [-0.3, -0.25) is 0 Å². The van der Waals surface area contributed by atoms with Crippen LogP contribution in [0.4, 0.5) is 0 Å². The average molecular weight is 302 g/mol. The molecule has 2 rings (SSSR count). The van der Waals surface area contributed by atoms with Crippen LogP contribution in [0.2, 0.25) is 10.0 Å². The monoisotopic (exact) mass is 301 g/mol. The number of aliphatic hydroxyl groups is 1. The molecule has 1 aromatic carbocycles. The Morgan fingerprint density at radius 1 is 1.21 bits per heavy atom. The maximum atomic E-state index is 10.1. The third-order valence-electron chi connectivity index (χ3n) is 3.89. The van der Waals surface area contributed by atoms with Crippen molar-refractivity contribution >= 4 is 23.2 Å². The first-order chi connectivity index (χ1) is 9.09. The molecule has 3 unspecified atom stereocenters. The topological polar surface area (TPSA) is 32.3 Å². The molecule has 0 aromatic heterocycles. The van der Waals surface area contributed by atoms with E-state index in [1.165, 1.54) is 12.8 Å². The first kappa shape index (κ1) is 15.1. The second-order valence-corrected chi connectivity index (χ2v) is 6.13. The van der Waals surface area contributed by atoms with Gasteiger partial charge < -0.3 is 10.4 Å². The molecule has 0 spiro atoms. The number of rotatable bonds is 3. The molecule has 1 aromatic rings. The van der Waals surface area contributed by atoms with Crippen molar-refractivity contribution in [2.75, 3.05) is 0 Å². The van der Waals surface area contributed by atoms with Crippen LogP contribution in [0.1, 0.15) is 50.6 Å². The molecule has 3 atom stereocenters. The number of benzene rings is 1. The Hall–Kier alpha value is -0.280. The third kappa shape index (κ3) is 3.85. The number of halogens is 2. The molecule has 0 bridgehead atoms. The Bertz CT molecular complexity index is 425. The highest BCUT2D eigenvalue weighted by Gasteiger charge is 2.24. The predicted octanol–water partition coefficient (Wildman–Crippen LogP) is 4.34. The number of nitrogens with one attached hydrogen (secondary N) is 1. The van der Waals surface area contributed by atoms with Gasteiger partial charge in [0.1, 0.15) is 0 Å². The molecule has 19 heavy (non-hydrogen) atoms. The highest BCUT2D eigenvalue weighted by Crippen LogP contribution is 2.30. The van der Waals surface area contributed by atoms with E-state index in [1.807, 2.05) is 12.1 Å². The van der Waals surface area contributed by atoms with Gasteiger partial charge in [0.2, 0.25) is 0 Å². The van der Waals surface area contributed by atoms with Gasteiger partial charge >= 0.3 is 0 Å². The molecular formula is C15H21Cl2NO. The van der Waals surface area contributed by atoms with E-state index in [0.717, 1.165) is 24.8 Å². The lowest BCUT2D eigenvalue weighted by Crippen LogP contribution is -2.40. The van der Waals surface area contributed by atoms with E-state index in [9.17, 15) is 5.11 Å². The lowest BCUT2D eigenvalue weighted by Gasteiger charge is -2.26. The minimum atomic E-state index is -0.261. The van der Waals surface area contributed by atoms with Crippen LogP contribution in [-0.4, -0.2) is 17.3 Å². The van der Waals surface area contributed by atoms with Crippen molar-refractivity contribution in [1.29, 1.82) is 0 Å². The highest BCUT2D eigenvalue weighted by molar-refractivity contribution is 6.42. The molecule has 4 heteroatoms. The Balaban J connectivity index is 2.07. The molecule has 1 aliphatic carbocycles. The SMILES string of the molecule is CC(NC1CCCCCC1O)c1cccc(Cl)c1Cl. The average Bonchev–Trinajstić information content (AvgIpc) is 2.58. The van der Waals surface area contributed by atoms with E-state index in [-0.39, 0.29) is 18.2 Å². The Labute approximate surface area is 125 Å². The molecule has 0 saturated heterocycles. The van der Waals surface area contributed by atoms with Gasteiger partial charge in [-0.15, -0.1) is 0 Å². The third-order valence-corrected chi connectivity index (χ3v) is 4.73. The summed E-state index contributed by atoms with van der Waals surface area (Å²) in [6.45, 7) is 2.06. The van der Waals surface area contributed by atoms with Crippen LogP contribution in [0.25, 0.3) is 0 Å². The molecule has 0 aliphatic heterocycles. The second kappa shape index (κ2) is 6.94. The van der Waals surface area contributed by atoms with Gasteiger partial charge in [-0.05, 0) is 31.4 Å². The van der Waals surface area contributed by atoms with E-state index in [2.05, 4.69) is 12.2 Å². The fourth-order valence-electron chi connectivity index (χ4n) is 2.75. The van der Waals surface area contributed by atoms with Crippen LogP contribution in [0.5, 0.6) is 0 Å². The van der Waals surface area contributed by atoms with Gasteiger partial charge in [-0.25, -0.2) is 0 Å². The summed E-state index contributed by atoms with van der Waals surface area (Å²) in [6, 6.07) is 5.91. The summed E-state index contributed by atoms with van der Waals surface area (Å²) < 4.78 is 0. The van der Waals surface area contributed by atoms with Gasteiger partial charge in [-0.1, -0.05) is 54.6 Å². The van der Waals surface area contributed by atoms with Crippen molar-refractivity contribution in [3.05, 3.63) is 33.8 Å². The summed E-state index contributed by atoms with van der Waals surface area (Å²) in [5.41, 5.74) is 0.991. The number of hydrogen-bond donors (Lipinski definition) is 2. The second-order valence-electron chi connectivity index (χ2n) is 5.34. The minimum Gasteiger partial charge on any atom is -0.392 e. The van der Waals surface area contributed by atoms with Crippen LogP contribution in [0, 0.1) is 0 Å². The molecule has 106 valence electrons. The number of aliphatic hydroxyl groups excluding tert-OH is 1. The first-order valence-electron chi connectivity index (χ1n) is 6.97. The molecule has 2 N–H and O–H groups in total. The molecule has 0 amide bonds. The van der Waals surface area contributed by atoms with Gasteiger partial charge in [0, 0.05) is 12.1 Å². The van der Waals surface area contributed by atoms with Gasteiger partial charge in [0.25, 0.3) is 0 Å². The zero-order valence-corrected chi connectivity index (χ0v) is 12.7. The summed E-state index contributed by atoms with van der Waals surface area (Å²) >= 11 is 12.3. The van der Waals surface area contributed by atoms with Crippen LogP contribution in [-0.2, 0) is 0 Å². The van der Waals surface area contributed by atoms with Gasteiger partial charge in [0.05, 0.1) is 16.1 Å². The highest BCUT2D eigenvalue weighted by atomic mass is 35.5. The van der Waals surface area contributed by atoms with Crippen LogP contribution >= 0.6 is 23.2 Å². The van der Waals surface area contributed by atoms with Crippen LogP contribution in [0.3, 0.4) is 0 Å². The van der Waals surface area contributed by atoms with Crippen LogP contribution in [0.15, 0.2) is 18.2 Å². The fraction of sp³-hybridized carbons (Fsp3) is 0.600. The van der Waals surface area contributed by atoms with Crippen LogP contribution < -0.4 is 5.32 Å².